The van der Waals surface area contributed by atoms with E-state index in [9.17, 15) is 23.2 Å². The second kappa shape index (κ2) is 9.23. The monoisotopic (exact) mass is 523 g/mol. The lowest BCUT2D eigenvalue weighted by Gasteiger charge is -2.29. The summed E-state index contributed by atoms with van der Waals surface area (Å²) >= 11 is 0. The van der Waals surface area contributed by atoms with Gasteiger partial charge in [0.2, 0.25) is 5.91 Å². The van der Waals surface area contributed by atoms with Crippen LogP contribution >= 0.6 is 0 Å². The molecule has 5 rings (SSSR count). The predicted octanol–water partition coefficient (Wildman–Crippen LogP) is 5.35. The number of anilines is 3. The summed E-state index contributed by atoms with van der Waals surface area (Å²) in [6.45, 7) is 5.21. The number of para-hydroxylation sites is 1. The number of Topliss-reactive ketones (excluding diaryl/α,β-unsaturated/α-hetero) is 1. The number of amides is 2. The average molecular weight is 524 g/mol. The standard InChI is InChI=1S/C27H27F2N5O4/c1-26(2,3)38-25(37)34-13-18-21(19(35)14-34)23(31-16-7-5-4-6-8-16)22(32-18)15-9-10-30-20(11-15)33-24(36)17-12-27(17,28)29/h4-11,17,31-32H,12-14H2,1-3H3,(H,30,33,36). The number of fused-ring (bicyclic) bond motifs is 1. The Balaban J connectivity index is 1.50. The van der Waals surface area contributed by atoms with Crippen molar-refractivity contribution >= 4 is 35.0 Å². The minimum Gasteiger partial charge on any atom is -0.444 e. The minimum absolute atomic E-state index is 0.107. The van der Waals surface area contributed by atoms with Gasteiger partial charge in [0, 0.05) is 29.6 Å². The lowest BCUT2D eigenvalue weighted by Crippen LogP contribution is -2.42. The van der Waals surface area contributed by atoms with Gasteiger partial charge in [-0.15, -0.1) is 0 Å². The number of halogens is 2. The lowest BCUT2D eigenvalue weighted by molar-refractivity contribution is -0.119. The van der Waals surface area contributed by atoms with Crippen molar-refractivity contribution in [3.8, 4) is 11.3 Å². The van der Waals surface area contributed by atoms with E-state index >= 15 is 0 Å². The van der Waals surface area contributed by atoms with Crippen LogP contribution in [0, 0.1) is 5.92 Å². The summed E-state index contributed by atoms with van der Waals surface area (Å²) in [5, 5.41) is 5.75. The molecule has 1 unspecified atom stereocenters. The van der Waals surface area contributed by atoms with Crippen LogP contribution in [0.2, 0.25) is 0 Å². The van der Waals surface area contributed by atoms with Gasteiger partial charge in [-0.2, -0.15) is 0 Å². The summed E-state index contributed by atoms with van der Waals surface area (Å²) in [4.78, 5) is 46.9. The van der Waals surface area contributed by atoms with Crippen LogP contribution in [0.5, 0.6) is 0 Å². The van der Waals surface area contributed by atoms with E-state index in [1.54, 1.807) is 32.9 Å². The number of benzene rings is 1. The Morgan fingerprint density at radius 3 is 2.53 bits per heavy atom. The van der Waals surface area contributed by atoms with Crippen LogP contribution in [-0.4, -0.2) is 50.7 Å². The lowest BCUT2D eigenvalue weighted by atomic mass is 10.0. The topological polar surface area (TPSA) is 116 Å². The van der Waals surface area contributed by atoms with E-state index in [4.69, 9.17) is 4.74 Å². The maximum atomic E-state index is 13.3. The van der Waals surface area contributed by atoms with Crippen LogP contribution in [0.4, 0.5) is 30.8 Å². The maximum absolute atomic E-state index is 13.3. The Morgan fingerprint density at radius 1 is 1.16 bits per heavy atom. The highest BCUT2D eigenvalue weighted by Crippen LogP contribution is 2.49. The molecular formula is C27H27F2N5O4. The van der Waals surface area contributed by atoms with E-state index in [1.807, 2.05) is 30.3 Å². The molecule has 1 aliphatic heterocycles. The average Bonchev–Trinajstić information content (AvgIpc) is 3.33. The van der Waals surface area contributed by atoms with Crippen molar-refractivity contribution in [3.63, 3.8) is 0 Å². The van der Waals surface area contributed by atoms with Gasteiger partial charge in [0.05, 0.1) is 30.0 Å². The van der Waals surface area contributed by atoms with E-state index in [0.29, 0.717) is 28.2 Å². The Morgan fingerprint density at radius 2 is 1.87 bits per heavy atom. The summed E-state index contributed by atoms with van der Waals surface area (Å²) in [5.41, 5.74) is 2.51. The number of ether oxygens (including phenoxy) is 1. The first-order chi connectivity index (χ1) is 17.9. The SMILES string of the molecule is CC(C)(C)OC(=O)N1CC(=O)c2c([nH]c(-c3ccnc(NC(=O)C4CC4(F)F)c3)c2Nc2ccccc2)C1. The van der Waals surface area contributed by atoms with E-state index < -0.39 is 35.9 Å². The Kier molecular flexibility index (Phi) is 6.16. The molecular weight excluding hydrogens is 496 g/mol. The predicted molar refractivity (Wildman–Crippen MR) is 136 cm³/mol. The fraction of sp³-hybridized carbons (Fsp3) is 0.333. The van der Waals surface area contributed by atoms with Crippen molar-refractivity contribution in [1.29, 1.82) is 0 Å². The van der Waals surface area contributed by atoms with Crippen molar-refractivity contribution < 1.29 is 27.9 Å². The molecule has 2 aliphatic rings. The first-order valence-electron chi connectivity index (χ1n) is 12.1. The van der Waals surface area contributed by atoms with Gasteiger partial charge in [-0.25, -0.2) is 18.6 Å². The normalized spacial score (nSPS) is 18.0. The Bertz CT molecular complexity index is 1410. The molecule has 0 bridgehead atoms. The van der Waals surface area contributed by atoms with Gasteiger partial charge in [-0.1, -0.05) is 18.2 Å². The van der Waals surface area contributed by atoms with Crippen molar-refractivity contribution in [2.24, 2.45) is 5.92 Å². The van der Waals surface area contributed by atoms with Crippen LogP contribution in [0.25, 0.3) is 11.3 Å². The molecule has 0 saturated heterocycles. The molecule has 198 valence electrons. The molecule has 3 N–H and O–H groups in total. The quantitative estimate of drug-likeness (QED) is 0.415. The van der Waals surface area contributed by atoms with Gasteiger partial charge in [-0.3, -0.25) is 14.5 Å². The summed E-state index contributed by atoms with van der Waals surface area (Å²) in [6.07, 6.45) is 0.358. The van der Waals surface area contributed by atoms with E-state index in [1.165, 1.54) is 11.1 Å². The van der Waals surface area contributed by atoms with Crippen LogP contribution in [-0.2, 0) is 16.1 Å². The summed E-state index contributed by atoms with van der Waals surface area (Å²) in [7, 11) is 0. The van der Waals surface area contributed by atoms with Crippen molar-refractivity contribution in [2.75, 3.05) is 17.2 Å². The zero-order valence-electron chi connectivity index (χ0n) is 21.1. The summed E-state index contributed by atoms with van der Waals surface area (Å²) in [6, 6.07) is 12.5. The third kappa shape index (κ3) is 5.22. The van der Waals surface area contributed by atoms with E-state index in [0.717, 1.165) is 5.69 Å². The number of alkyl halides is 2. The highest BCUT2D eigenvalue weighted by Gasteiger charge is 2.61. The van der Waals surface area contributed by atoms with Gasteiger partial charge in [-0.05, 0) is 45.0 Å². The second-order valence-corrected chi connectivity index (χ2v) is 10.4. The Hall–Kier alpha value is -4.28. The molecule has 1 saturated carbocycles. The number of rotatable bonds is 5. The number of carbonyl (C=O) groups excluding carboxylic acids is 3. The first kappa shape index (κ1) is 25.4. The number of carbonyl (C=O) groups is 3. The molecule has 3 aromatic rings. The molecule has 9 nitrogen and oxygen atoms in total. The largest absolute Gasteiger partial charge is 0.444 e. The van der Waals surface area contributed by atoms with Crippen LogP contribution in [0.1, 0.15) is 43.2 Å². The minimum atomic E-state index is -2.99. The van der Waals surface area contributed by atoms with Crippen LogP contribution < -0.4 is 10.6 Å². The number of pyridine rings is 1. The molecule has 1 aliphatic carbocycles. The number of nitrogens with zero attached hydrogens (tertiary/aromatic N) is 2. The number of hydrogen-bond donors (Lipinski definition) is 3. The summed E-state index contributed by atoms with van der Waals surface area (Å²) in [5.74, 6) is -5.33. The van der Waals surface area contributed by atoms with Crippen molar-refractivity contribution in [2.45, 2.75) is 45.3 Å². The fourth-order valence-electron chi connectivity index (χ4n) is 4.31. The van der Waals surface area contributed by atoms with Gasteiger partial charge < -0.3 is 20.4 Å². The second-order valence-electron chi connectivity index (χ2n) is 10.4. The van der Waals surface area contributed by atoms with Crippen molar-refractivity contribution in [1.82, 2.24) is 14.9 Å². The number of aromatic amines is 1. The highest BCUT2D eigenvalue weighted by molar-refractivity contribution is 6.09. The molecule has 1 aromatic carbocycles. The zero-order valence-corrected chi connectivity index (χ0v) is 21.1. The van der Waals surface area contributed by atoms with Crippen LogP contribution in [0.15, 0.2) is 48.7 Å². The molecule has 0 radical (unpaired) electrons. The van der Waals surface area contributed by atoms with E-state index in [2.05, 4.69) is 20.6 Å². The molecule has 3 heterocycles. The highest BCUT2D eigenvalue weighted by atomic mass is 19.3. The third-order valence-corrected chi connectivity index (χ3v) is 6.18. The number of ketones is 1. The van der Waals surface area contributed by atoms with Gasteiger partial charge in [0.25, 0.3) is 5.92 Å². The number of H-pyrrole nitrogens is 1. The molecule has 2 amide bonds. The van der Waals surface area contributed by atoms with Gasteiger partial charge in [0.15, 0.2) is 5.78 Å². The molecule has 2 aromatic heterocycles. The first-order valence-corrected chi connectivity index (χ1v) is 12.1. The van der Waals surface area contributed by atoms with Gasteiger partial charge >= 0.3 is 6.09 Å². The van der Waals surface area contributed by atoms with E-state index in [-0.39, 0.29) is 24.7 Å². The smallest absolute Gasteiger partial charge is 0.411 e. The fourth-order valence-corrected chi connectivity index (χ4v) is 4.31. The molecule has 1 atom stereocenters. The van der Waals surface area contributed by atoms with Crippen molar-refractivity contribution in [3.05, 3.63) is 59.9 Å². The summed E-state index contributed by atoms with van der Waals surface area (Å²) < 4.78 is 32.1. The van der Waals surface area contributed by atoms with Crippen LogP contribution in [0.3, 0.4) is 0 Å². The molecule has 0 spiro atoms. The third-order valence-electron chi connectivity index (χ3n) is 6.18. The molecule has 11 heteroatoms. The number of aromatic nitrogens is 2. The van der Waals surface area contributed by atoms with Gasteiger partial charge in [0.1, 0.15) is 17.3 Å². The molecule has 38 heavy (non-hydrogen) atoms. The number of hydrogen-bond acceptors (Lipinski definition) is 6. The maximum Gasteiger partial charge on any atom is 0.411 e. The Labute approximate surface area is 217 Å². The number of nitrogens with one attached hydrogen (secondary N) is 3. The molecule has 1 fully saturated rings. The zero-order chi connectivity index (χ0) is 27.2.